The highest BCUT2D eigenvalue weighted by Gasteiger charge is 2.13. The molecule has 0 saturated heterocycles. The fraction of sp³-hybridized carbons (Fsp3) is 0.214. The van der Waals surface area contributed by atoms with Crippen LogP contribution in [0.3, 0.4) is 0 Å². The molecule has 3 heteroatoms. The van der Waals surface area contributed by atoms with Crippen molar-refractivity contribution in [2.75, 3.05) is 11.4 Å². The lowest BCUT2D eigenvalue weighted by Gasteiger charge is -2.23. The van der Waals surface area contributed by atoms with Crippen LogP contribution in [0.1, 0.15) is 46.5 Å². The van der Waals surface area contributed by atoms with E-state index in [2.05, 4.69) is 34.9 Å². The number of anilines is 1. The molecule has 0 saturated carbocycles. The number of aryl methyl sites for hydroxylation is 1. The highest BCUT2D eigenvalue weighted by atomic mass is 16.1. The van der Waals surface area contributed by atoms with Crippen LogP contribution in [0.5, 0.6) is 0 Å². The largest absolute Gasteiger partial charge is 0.356 e. The van der Waals surface area contributed by atoms with Crippen LogP contribution in [-0.2, 0) is 6.54 Å². The monoisotopic (exact) mass is 406 g/mol. The molecule has 0 radical (unpaired) electrons. The predicted molar refractivity (Wildman–Crippen MR) is 126 cm³/mol. The van der Waals surface area contributed by atoms with Crippen LogP contribution < -0.4 is 4.90 Å². The van der Waals surface area contributed by atoms with Gasteiger partial charge in [0, 0.05) is 29.3 Å². The number of nitriles is 1. The average Bonchev–Trinajstić information content (AvgIpc) is 2.78. The van der Waals surface area contributed by atoms with Crippen molar-refractivity contribution in [2.45, 2.75) is 27.3 Å². The Hall–Kier alpha value is -3.82. The minimum atomic E-state index is -0.0219. The van der Waals surface area contributed by atoms with Crippen molar-refractivity contribution >= 4 is 11.5 Å². The Morgan fingerprint density at radius 3 is 2.42 bits per heavy atom. The predicted octanol–water partition coefficient (Wildman–Crippen LogP) is 5.76. The van der Waals surface area contributed by atoms with Gasteiger partial charge in [-0.3, -0.25) is 4.79 Å². The first-order valence-corrected chi connectivity index (χ1v) is 10.4. The minimum Gasteiger partial charge on any atom is -0.356 e. The van der Waals surface area contributed by atoms with Crippen molar-refractivity contribution in [3.05, 3.63) is 101 Å². The Labute approximate surface area is 185 Å². The minimum absolute atomic E-state index is 0.0219. The summed E-state index contributed by atoms with van der Waals surface area (Å²) in [5.41, 5.74) is 5.38. The van der Waals surface area contributed by atoms with E-state index in [-0.39, 0.29) is 11.7 Å². The van der Waals surface area contributed by atoms with Crippen LogP contribution in [0.2, 0.25) is 0 Å². The van der Waals surface area contributed by atoms with E-state index in [0.717, 1.165) is 22.4 Å². The van der Waals surface area contributed by atoms with Crippen LogP contribution >= 0.6 is 0 Å². The van der Waals surface area contributed by atoms with Gasteiger partial charge in [-0.25, -0.2) is 0 Å². The molecule has 0 spiro atoms. The molecule has 0 aliphatic carbocycles. The number of Topliss-reactive ketones (excluding diaryl/α,β-unsaturated/α-hetero) is 1. The highest BCUT2D eigenvalue weighted by Crippen LogP contribution is 2.19. The number of ketones is 1. The van der Waals surface area contributed by atoms with Crippen LogP contribution in [0.25, 0.3) is 0 Å². The number of carbonyl (C=O) groups is 1. The maximum atomic E-state index is 12.3. The van der Waals surface area contributed by atoms with E-state index in [1.807, 2.05) is 75.4 Å². The van der Waals surface area contributed by atoms with Gasteiger partial charge >= 0.3 is 0 Å². The first kappa shape index (κ1) is 21.9. The first-order chi connectivity index (χ1) is 15.0. The molecular weight excluding hydrogens is 380 g/mol. The summed E-state index contributed by atoms with van der Waals surface area (Å²) in [5, 5.41) is 9.26. The van der Waals surface area contributed by atoms with Gasteiger partial charge in [0.15, 0.2) is 5.78 Å². The molecule has 0 aromatic heterocycles. The van der Waals surface area contributed by atoms with Gasteiger partial charge < -0.3 is 4.90 Å². The molecule has 0 unspecified atom stereocenters. The van der Waals surface area contributed by atoms with Gasteiger partial charge in [0.1, 0.15) is 0 Å². The van der Waals surface area contributed by atoms with Gasteiger partial charge in [-0.15, -0.1) is 0 Å². The summed E-state index contributed by atoms with van der Waals surface area (Å²) in [6.45, 7) is 7.01. The number of hydrogen-bond donors (Lipinski definition) is 0. The van der Waals surface area contributed by atoms with E-state index in [4.69, 9.17) is 0 Å². The summed E-state index contributed by atoms with van der Waals surface area (Å²) in [5.74, 6) is 6.63. The number of hydrogen-bond acceptors (Lipinski definition) is 3. The molecule has 0 atom stereocenters. The Bertz CT molecular complexity index is 1160. The Morgan fingerprint density at radius 2 is 1.74 bits per heavy atom. The van der Waals surface area contributed by atoms with Crippen molar-refractivity contribution in [2.24, 2.45) is 5.92 Å². The molecule has 0 fully saturated rings. The first-order valence-electron chi connectivity index (χ1n) is 10.4. The zero-order valence-corrected chi connectivity index (χ0v) is 18.2. The van der Waals surface area contributed by atoms with Crippen LogP contribution in [0.15, 0.2) is 72.8 Å². The molecule has 0 bridgehead atoms. The zero-order valence-electron chi connectivity index (χ0n) is 18.2. The second-order valence-electron chi connectivity index (χ2n) is 7.85. The summed E-state index contributed by atoms with van der Waals surface area (Å²) in [7, 11) is 0. The van der Waals surface area contributed by atoms with E-state index in [0.29, 0.717) is 18.7 Å². The highest BCUT2D eigenvalue weighted by molar-refractivity contribution is 5.98. The van der Waals surface area contributed by atoms with Gasteiger partial charge in [0.2, 0.25) is 0 Å². The van der Waals surface area contributed by atoms with Crippen LogP contribution in [0.4, 0.5) is 5.69 Å². The lowest BCUT2D eigenvalue weighted by molar-refractivity contribution is 0.0939. The second-order valence-corrected chi connectivity index (χ2v) is 7.85. The van der Waals surface area contributed by atoms with E-state index in [1.165, 1.54) is 5.56 Å². The molecule has 154 valence electrons. The van der Waals surface area contributed by atoms with E-state index in [1.54, 1.807) is 6.07 Å². The third kappa shape index (κ3) is 5.84. The maximum Gasteiger partial charge on any atom is 0.165 e. The normalized spacial score (nSPS) is 10.2. The van der Waals surface area contributed by atoms with Crippen LogP contribution in [-0.4, -0.2) is 12.3 Å². The number of carbonyl (C=O) groups excluding carboxylic acids is 1. The third-order valence-corrected chi connectivity index (χ3v) is 5.08. The molecule has 0 N–H and O–H groups in total. The summed E-state index contributed by atoms with van der Waals surface area (Å²) >= 11 is 0. The fourth-order valence-corrected chi connectivity index (χ4v) is 3.38. The molecule has 0 amide bonds. The lowest BCUT2D eigenvalue weighted by Crippen LogP contribution is -2.23. The summed E-state index contributed by atoms with van der Waals surface area (Å²) < 4.78 is 0. The molecule has 3 nitrogen and oxygen atoms in total. The van der Waals surface area contributed by atoms with Gasteiger partial charge in [-0.05, 0) is 54.4 Å². The van der Waals surface area contributed by atoms with Crippen molar-refractivity contribution < 1.29 is 4.79 Å². The molecule has 0 heterocycles. The van der Waals surface area contributed by atoms with Gasteiger partial charge in [0.25, 0.3) is 0 Å². The van der Waals surface area contributed by atoms with E-state index in [9.17, 15) is 10.1 Å². The topological polar surface area (TPSA) is 44.1 Å². The average molecular weight is 407 g/mol. The van der Waals surface area contributed by atoms with Crippen LogP contribution in [0, 0.1) is 36.0 Å². The Balaban J connectivity index is 1.83. The SMILES string of the molecule is Cc1cc(C#CCN(Cc2ccccc2)c2cccc(C#N)c2)ccc1C(=O)C(C)C. The molecule has 0 aliphatic rings. The van der Waals surface area contributed by atoms with Crippen molar-refractivity contribution in [1.82, 2.24) is 0 Å². The van der Waals surface area contributed by atoms with Crippen molar-refractivity contribution in [3.8, 4) is 17.9 Å². The number of rotatable bonds is 6. The molecule has 3 aromatic carbocycles. The van der Waals surface area contributed by atoms with Gasteiger partial charge in [-0.1, -0.05) is 62.1 Å². The summed E-state index contributed by atoms with van der Waals surface area (Å²) in [6.07, 6.45) is 0. The fourth-order valence-electron chi connectivity index (χ4n) is 3.38. The molecule has 31 heavy (non-hydrogen) atoms. The van der Waals surface area contributed by atoms with Crippen molar-refractivity contribution in [1.29, 1.82) is 5.26 Å². The molecule has 0 aliphatic heterocycles. The third-order valence-electron chi connectivity index (χ3n) is 5.08. The standard InChI is InChI=1S/C28H26N2O/c1-21(2)28(31)27-15-14-23(17-22(27)3)12-8-16-30(20-24-9-5-4-6-10-24)26-13-7-11-25(18-26)19-29/h4-7,9-11,13-15,17-18,21H,16,20H2,1-3H3. The van der Waals surface area contributed by atoms with E-state index >= 15 is 0 Å². The quantitative estimate of drug-likeness (QED) is 0.386. The smallest absolute Gasteiger partial charge is 0.165 e. The molecule has 3 rings (SSSR count). The summed E-state index contributed by atoms with van der Waals surface area (Å²) in [6, 6.07) is 25.8. The van der Waals surface area contributed by atoms with Gasteiger partial charge in [-0.2, -0.15) is 5.26 Å². The molecular formula is C28H26N2O. The van der Waals surface area contributed by atoms with E-state index < -0.39 is 0 Å². The molecule has 3 aromatic rings. The summed E-state index contributed by atoms with van der Waals surface area (Å²) in [4.78, 5) is 14.5. The van der Waals surface area contributed by atoms with Gasteiger partial charge in [0.05, 0.1) is 18.2 Å². The zero-order chi connectivity index (χ0) is 22.2. The Kier molecular flexibility index (Phi) is 7.26. The lowest BCUT2D eigenvalue weighted by atomic mass is 9.96. The number of benzene rings is 3. The maximum absolute atomic E-state index is 12.3. The Morgan fingerprint density at radius 1 is 0.968 bits per heavy atom. The number of nitrogens with zero attached hydrogens (tertiary/aromatic N) is 2. The second kappa shape index (κ2) is 10.3. The van der Waals surface area contributed by atoms with Crippen molar-refractivity contribution in [3.63, 3.8) is 0 Å².